The molecular weight excluding hydrogens is 342 g/mol. The first-order valence-corrected chi connectivity index (χ1v) is 9.38. The topological polar surface area (TPSA) is 66.7 Å². The number of piperazine rings is 1. The van der Waals surface area contributed by atoms with Crippen molar-refractivity contribution in [3.05, 3.63) is 33.3 Å². The van der Waals surface area contributed by atoms with Crippen LogP contribution in [0.1, 0.15) is 25.7 Å². The Morgan fingerprint density at radius 1 is 1.16 bits per heavy atom. The molecule has 1 aromatic carbocycles. The number of nitro benzene ring substituents is 1. The molecule has 3 unspecified atom stereocenters. The quantitative estimate of drug-likeness (QED) is 0.610. The second-order valence-corrected chi connectivity index (χ2v) is 7.92. The number of halogens is 1. The molecule has 1 saturated heterocycles. The van der Waals surface area contributed by atoms with Gasteiger partial charge in [-0.3, -0.25) is 14.9 Å². The summed E-state index contributed by atoms with van der Waals surface area (Å²) in [5.41, 5.74) is 0.613. The zero-order valence-corrected chi connectivity index (χ0v) is 14.8. The third-order valence-corrected chi connectivity index (χ3v) is 6.36. The van der Waals surface area contributed by atoms with Crippen molar-refractivity contribution in [2.75, 3.05) is 31.1 Å². The fourth-order valence-electron chi connectivity index (χ4n) is 4.86. The molecule has 1 amide bonds. The van der Waals surface area contributed by atoms with Gasteiger partial charge in [0.15, 0.2) is 0 Å². The van der Waals surface area contributed by atoms with Crippen LogP contribution in [0.4, 0.5) is 11.4 Å². The van der Waals surface area contributed by atoms with Crippen molar-refractivity contribution in [1.82, 2.24) is 4.90 Å². The van der Waals surface area contributed by atoms with Crippen molar-refractivity contribution in [2.45, 2.75) is 25.7 Å². The summed E-state index contributed by atoms with van der Waals surface area (Å²) in [5, 5.41) is 11.7. The minimum atomic E-state index is -0.395. The predicted octanol–water partition coefficient (Wildman–Crippen LogP) is 3.33. The van der Waals surface area contributed by atoms with E-state index < -0.39 is 4.92 Å². The SMILES string of the molecule is O=C(C1CC2CCC1C2)N1CCN(c2ccc(Cl)cc2[N+](=O)[O-])CC1. The average Bonchev–Trinajstić information content (AvgIpc) is 3.24. The Hall–Kier alpha value is -1.82. The lowest BCUT2D eigenvalue weighted by Crippen LogP contribution is -2.51. The van der Waals surface area contributed by atoms with Crippen molar-refractivity contribution in [3.63, 3.8) is 0 Å². The van der Waals surface area contributed by atoms with E-state index in [2.05, 4.69) is 0 Å². The van der Waals surface area contributed by atoms with Gasteiger partial charge in [-0.2, -0.15) is 0 Å². The summed E-state index contributed by atoms with van der Waals surface area (Å²) < 4.78 is 0. The van der Waals surface area contributed by atoms with Gasteiger partial charge in [0.2, 0.25) is 5.91 Å². The van der Waals surface area contributed by atoms with Gasteiger partial charge in [0, 0.05) is 43.2 Å². The van der Waals surface area contributed by atoms with E-state index >= 15 is 0 Å². The van der Waals surface area contributed by atoms with Crippen LogP contribution in [0.25, 0.3) is 0 Å². The summed E-state index contributed by atoms with van der Waals surface area (Å²) in [7, 11) is 0. The third-order valence-electron chi connectivity index (χ3n) is 6.12. The van der Waals surface area contributed by atoms with Gasteiger partial charge in [0.25, 0.3) is 5.69 Å². The van der Waals surface area contributed by atoms with Crippen LogP contribution in [-0.2, 0) is 4.79 Å². The largest absolute Gasteiger partial charge is 0.362 e. The Labute approximate surface area is 151 Å². The number of amides is 1. The van der Waals surface area contributed by atoms with Crippen LogP contribution in [0.3, 0.4) is 0 Å². The van der Waals surface area contributed by atoms with Crippen molar-refractivity contribution in [1.29, 1.82) is 0 Å². The van der Waals surface area contributed by atoms with Gasteiger partial charge in [-0.25, -0.2) is 0 Å². The minimum absolute atomic E-state index is 0.0281. The molecule has 0 N–H and O–H groups in total. The van der Waals surface area contributed by atoms with E-state index in [0.717, 1.165) is 12.3 Å². The van der Waals surface area contributed by atoms with Crippen molar-refractivity contribution >= 4 is 28.9 Å². The van der Waals surface area contributed by atoms with Gasteiger partial charge in [0.1, 0.15) is 5.69 Å². The standard InChI is InChI=1S/C18H22ClN3O3/c19-14-3-4-16(17(11-14)22(24)25)20-5-7-21(8-6-20)18(23)15-10-12-1-2-13(15)9-12/h3-4,11-13,15H,1-2,5-10H2. The van der Waals surface area contributed by atoms with E-state index in [0.29, 0.717) is 48.7 Å². The summed E-state index contributed by atoms with van der Waals surface area (Å²) in [6.07, 6.45) is 4.79. The number of nitro groups is 1. The van der Waals surface area contributed by atoms with Gasteiger partial charge in [0.05, 0.1) is 4.92 Å². The van der Waals surface area contributed by atoms with Gasteiger partial charge in [-0.05, 0) is 43.2 Å². The molecule has 3 aliphatic rings. The van der Waals surface area contributed by atoms with E-state index in [9.17, 15) is 14.9 Å². The fraction of sp³-hybridized carbons (Fsp3) is 0.611. The van der Waals surface area contributed by atoms with E-state index in [-0.39, 0.29) is 11.6 Å². The summed E-state index contributed by atoms with van der Waals surface area (Å²) in [6, 6.07) is 4.77. The maximum Gasteiger partial charge on any atom is 0.294 e. The molecule has 7 heteroatoms. The second-order valence-electron chi connectivity index (χ2n) is 7.48. The first-order valence-electron chi connectivity index (χ1n) is 9.00. The monoisotopic (exact) mass is 363 g/mol. The van der Waals surface area contributed by atoms with Gasteiger partial charge in [-0.1, -0.05) is 18.0 Å². The molecule has 0 radical (unpaired) electrons. The third kappa shape index (κ3) is 3.08. The lowest BCUT2D eigenvalue weighted by Gasteiger charge is -2.38. The normalized spacial score (nSPS) is 28.4. The Morgan fingerprint density at radius 3 is 2.52 bits per heavy atom. The zero-order valence-electron chi connectivity index (χ0n) is 14.1. The number of anilines is 1. The molecule has 1 heterocycles. The van der Waals surface area contributed by atoms with Crippen LogP contribution < -0.4 is 4.90 Å². The lowest BCUT2D eigenvalue weighted by molar-refractivity contribution is -0.384. The predicted molar refractivity (Wildman–Crippen MR) is 95.8 cm³/mol. The highest BCUT2D eigenvalue weighted by Gasteiger charge is 2.44. The molecule has 1 aliphatic heterocycles. The average molecular weight is 364 g/mol. The van der Waals surface area contributed by atoms with Crippen molar-refractivity contribution in [2.24, 2.45) is 17.8 Å². The molecule has 4 rings (SSSR count). The van der Waals surface area contributed by atoms with E-state index in [1.807, 2.05) is 9.80 Å². The highest BCUT2D eigenvalue weighted by atomic mass is 35.5. The maximum absolute atomic E-state index is 12.8. The zero-order chi connectivity index (χ0) is 17.6. The molecule has 0 aromatic heterocycles. The number of fused-ring (bicyclic) bond motifs is 2. The number of hydrogen-bond acceptors (Lipinski definition) is 4. The number of carbonyl (C=O) groups is 1. The van der Waals surface area contributed by atoms with Crippen LogP contribution >= 0.6 is 11.6 Å². The number of carbonyl (C=O) groups excluding carboxylic acids is 1. The fourth-order valence-corrected chi connectivity index (χ4v) is 5.03. The summed E-state index contributed by atoms with van der Waals surface area (Å²) in [6.45, 7) is 2.50. The second kappa shape index (κ2) is 6.48. The lowest BCUT2D eigenvalue weighted by atomic mass is 9.87. The summed E-state index contributed by atoms with van der Waals surface area (Å²) >= 11 is 5.89. The highest BCUT2D eigenvalue weighted by molar-refractivity contribution is 6.30. The van der Waals surface area contributed by atoms with Crippen LogP contribution in [0.2, 0.25) is 5.02 Å². The molecule has 2 saturated carbocycles. The van der Waals surface area contributed by atoms with Crippen LogP contribution in [0, 0.1) is 27.9 Å². The Morgan fingerprint density at radius 2 is 1.92 bits per heavy atom. The maximum atomic E-state index is 12.8. The molecule has 1 aromatic rings. The van der Waals surface area contributed by atoms with Crippen molar-refractivity contribution in [3.8, 4) is 0 Å². The molecule has 6 nitrogen and oxygen atoms in total. The van der Waals surface area contributed by atoms with Crippen LogP contribution in [-0.4, -0.2) is 41.9 Å². The first-order chi connectivity index (χ1) is 12.0. The van der Waals surface area contributed by atoms with Crippen LogP contribution in [0.15, 0.2) is 18.2 Å². The molecule has 0 spiro atoms. The van der Waals surface area contributed by atoms with Crippen LogP contribution in [0.5, 0.6) is 0 Å². The number of benzene rings is 1. The number of nitrogens with zero attached hydrogens (tertiary/aromatic N) is 3. The molecule has 3 atom stereocenters. The van der Waals surface area contributed by atoms with E-state index in [1.54, 1.807) is 12.1 Å². The number of hydrogen-bond donors (Lipinski definition) is 0. The molecule has 2 aliphatic carbocycles. The molecule has 3 fully saturated rings. The minimum Gasteiger partial charge on any atom is -0.362 e. The summed E-state index contributed by atoms with van der Waals surface area (Å²) in [5.74, 6) is 1.87. The molecule has 134 valence electrons. The first kappa shape index (κ1) is 16.6. The van der Waals surface area contributed by atoms with E-state index in [1.165, 1.54) is 25.3 Å². The summed E-state index contributed by atoms with van der Waals surface area (Å²) in [4.78, 5) is 27.7. The molecule has 2 bridgehead atoms. The molecule has 25 heavy (non-hydrogen) atoms. The Kier molecular flexibility index (Phi) is 4.31. The van der Waals surface area contributed by atoms with Gasteiger partial charge < -0.3 is 9.80 Å². The van der Waals surface area contributed by atoms with Gasteiger partial charge >= 0.3 is 0 Å². The molecular formula is C18H22ClN3O3. The Balaban J connectivity index is 1.42. The van der Waals surface area contributed by atoms with E-state index in [4.69, 9.17) is 11.6 Å². The number of rotatable bonds is 3. The van der Waals surface area contributed by atoms with Gasteiger partial charge in [-0.15, -0.1) is 0 Å². The Bertz CT molecular complexity index is 703. The van der Waals surface area contributed by atoms with Crippen molar-refractivity contribution < 1.29 is 9.72 Å². The smallest absolute Gasteiger partial charge is 0.294 e. The highest BCUT2D eigenvalue weighted by Crippen LogP contribution is 2.49.